The van der Waals surface area contributed by atoms with Crippen LogP contribution in [0.4, 0.5) is 9.18 Å². The van der Waals surface area contributed by atoms with Crippen molar-refractivity contribution in [2.24, 2.45) is 0 Å². The summed E-state index contributed by atoms with van der Waals surface area (Å²) in [4.78, 5) is 11.9. The molecule has 0 spiro atoms. The maximum absolute atomic E-state index is 13.0. The van der Waals surface area contributed by atoms with E-state index in [1.54, 1.807) is 32.9 Å². The molecule has 0 fully saturated rings. The van der Waals surface area contributed by atoms with E-state index in [1.165, 1.54) is 12.1 Å². The number of ether oxygens (including phenoxy) is 2. The van der Waals surface area contributed by atoms with Crippen LogP contribution >= 0.6 is 0 Å². The predicted molar refractivity (Wildman–Crippen MR) is 90.4 cm³/mol. The van der Waals surface area contributed by atoms with Gasteiger partial charge < -0.3 is 14.8 Å². The van der Waals surface area contributed by atoms with Crippen molar-refractivity contribution in [1.82, 2.24) is 5.32 Å². The summed E-state index contributed by atoms with van der Waals surface area (Å²) in [7, 11) is 0. The van der Waals surface area contributed by atoms with Crippen LogP contribution in [-0.4, -0.2) is 18.2 Å². The summed E-state index contributed by atoms with van der Waals surface area (Å²) in [5.74, 6) is 0.196. The molecule has 0 radical (unpaired) electrons. The number of benzene rings is 2. The Morgan fingerprint density at radius 1 is 1.08 bits per heavy atom. The molecular weight excluding hydrogens is 309 g/mol. The summed E-state index contributed by atoms with van der Waals surface area (Å²) in [5.41, 5.74) is 0.335. The van der Waals surface area contributed by atoms with E-state index in [2.05, 4.69) is 5.32 Å². The van der Waals surface area contributed by atoms with Crippen LogP contribution in [0.3, 0.4) is 0 Å². The van der Waals surface area contributed by atoms with Crippen LogP contribution in [0.5, 0.6) is 5.75 Å². The third kappa shape index (κ3) is 5.91. The summed E-state index contributed by atoms with van der Waals surface area (Å²) >= 11 is 0. The fourth-order valence-electron chi connectivity index (χ4n) is 2.06. The van der Waals surface area contributed by atoms with Crippen LogP contribution in [0.25, 0.3) is 0 Å². The van der Waals surface area contributed by atoms with Crippen LogP contribution in [-0.2, 0) is 4.74 Å². The van der Waals surface area contributed by atoms with Gasteiger partial charge in [-0.15, -0.1) is 0 Å². The first-order valence-corrected chi connectivity index (χ1v) is 7.77. The second-order valence-corrected chi connectivity index (χ2v) is 6.35. The van der Waals surface area contributed by atoms with Crippen molar-refractivity contribution >= 4 is 6.09 Å². The molecule has 1 amide bonds. The van der Waals surface area contributed by atoms with E-state index in [1.807, 2.05) is 30.3 Å². The van der Waals surface area contributed by atoms with Crippen molar-refractivity contribution in [3.8, 4) is 5.75 Å². The Balaban J connectivity index is 2.06. The van der Waals surface area contributed by atoms with Crippen molar-refractivity contribution < 1.29 is 18.7 Å². The minimum Gasteiger partial charge on any atom is -0.484 e. The highest BCUT2D eigenvalue weighted by atomic mass is 19.1. The summed E-state index contributed by atoms with van der Waals surface area (Å²) in [6, 6.07) is 15.3. The Hall–Kier alpha value is -2.56. The Morgan fingerprint density at radius 3 is 2.29 bits per heavy atom. The van der Waals surface area contributed by atoms with E-state index >= 15 is 0 Å². The molecule has 128 valence electrons. The normalized spacial score (nSPS) is 12.3. The van der Waals surface area contributed by atoms with E-state index in [-0.39, 0.29) is 12.4 Å². The molecule has 0 aliphatic rings. The number of amides is 1. The van der Waals surface area contributed by atoms with Gasteiger partial charge in [-0.2, -0.15) is 0 Å². The van der Waals surface area contributed by atoms with Crippen molar-refractivity contribution in [3.63, 3.8) is 0 Å². The fourth-order valence-corrected chi connectivity index (χ4v) is 2.06. The van der Waals surface area contributed by atoms with Crippen LogP contribution in [0, 0.1) is 5.82 Å². The number of carbonyl (C=O) groups excluding carboxylic acids is 1. The predicted octanol–water partition coefficient (Wildman–Crippen LogP) is 4.47. The molecule has 0 saturated heterocycles. The highest BCUT2D eigenvalue weighted by Crippen LogP contribution is 2.22. The average Bonchev–Trinajstić information content (AvgIpc) is 2.52. The van der Waals surface area contributed by atoms with E-state index in [9.17, 15) is 9.18 Å². The Morgan fingerprint density at radius 2 is 1.71 bits per heavy atom. The van der Waals surface area contributed by atoms with Crippen LogP contribution in [0.1, 0.15) is 32.4 Å². The smallest absolute Gasteiger partial charge is 0.407 e. The summed E-state index contributed by atoms with van der Waals surface area (Å²) < 4.78 is 24.2. The second kappa shape index (κ2) is 7.81. The van der Waals surface area contributed by atoms with Gasteiger partial charge in [0, 0.05) is 0 Å². The number of rotatable bonds is 5. The average molecular weight is 331 g/mol. The Labute approximate surface area is 141 Å². The van der Waals surface area contributed by atoms with Crippen LogP contribution in [0.2, 0.25) is 0 Å². The van der Waals surface area contributed by atoms with E-state index in [0.29, 0.717) is 5.75 Å². The van der Waals surface area contributed by atoms with Gasteiger partial charge in [-0.05, 0) is 50.6 Å². The quantitative estimate of drug-likeness (QED) is 0.879. The molecule has 24 heavy (non-hydrogen) atoms. The zero-order valence-corrected chi connectivity index (χ0v) is 14.1. The number of hydrogen-bond donors (Lipinski definition) is 1. The first-order chi connectivity index (χ1) is 11.3. The van der Waals surface area contributed by atoms with Gasteiger partial charge in [0.25, 0.3) is 0 Å². The van der Waals surface area contributed by atoms with Gasteiger partial charge >= 0.3 is 6.09 Å². The molecule has 2 aromatic carbocycles. The summed E-state index contributed by atoms with van der Waals surface area (Å²) in [5, 5.41) is 2.71. The molecule has 0 bridgehead atoms. The molecule has 0 saturated carbocycles. The number of nitrogens with one attached hydrogen (secondary N) is 1. The number of carbonyl (C=O) groups is 1. The molecular formula is C19H22FNO3. The minimum absolute atomic E-state index is 0.232. The molecule has 0 aromatic heterocycles. The lowest BCUT2D eigenvalue weighted by molar-refractivity contribution is 0.0500. The molecule has 0 aliphatic heterocycles. The van der Waals surface area contributed by atoms with Gasteiger partial charge in [0.1, 0.15) is 23.3 Å². The first-order valence-electron chi connectivity index (χ1n) is 7.77. The SMILES string of the molecule is CC(C)(C)OC(=O)NCC(Oc1ccc(F)cc1)c1ccccc1. The third-order valence-corrected chi connectivity index (χ3v) is 3.09. The van der Waals surface area contributed by atoms with Crippen LogP contribution in [0.15, 0.2) is 54.6 Å². The Bertz CT molecular complexity index is 651. The number of halogens is 1. The van der Waals surface area contributed by atoms with Gasteiger partial charge in [0.15, 0.2) is 0 Å². The second-order valence-electron chi connectivity index (χ2n) is 6.35. The fraction of sp³-hybridized carbons (Fsp3) is 0.316. The zero-order valence-electron chi connectivity index (χ0n) is 14.1. The molecule has 5 heteroatoms. The standard InChI is InChI=1S/C19H22FNO3/c1-19(2,3)24-18(22)21-13-17(14-7-5-4-6-8-14)23-16-11-9-15(20)10-12-16/h4-12,17H,13H2,1-3H3,(H,21,22). The van der Waals surface area contributed by atoms with E-state index in [0.717, 1.165) is 5.56 Å². The monoisotopic (exact) mass is 331 g/mol. The lowest BCUT2D eigenvalue weighted by Gasteiger charge is -2.23. The van der Waals surface area contributed by atoms with E-state index < -0.39 is 17.8 Å². The largest absolute Gasteiger partial charge is 0.484 e. The van der Waals surface area contributed by atoms with Crippen LogP contribution < -0.4 is 10.1 Å². The lowest BCUT2D eigenvalue weighted by Crippen LogP contribution is -2.35. The maximum Gasteiger partial charge on any atom is 0.407 e. The molecule has 1 N–H and O–H groups in total. The van der Waals surface area contributed by atoms with Gasteiger partial charge in [0.2, 0.25) is 0 Å². The number of hydrogen-bond acceptors (Lipinski definition) is 3. The molecule has 0 heterocycles. The van der Waals surface area contributed by atoms with Crippen molar-refractivity contribution in [2.45, 2.75) is 32.5 Å². The van der Waals surface area contributed by atoms with Crippen molar-refractivity contribution in [2.75, 3.05) is 6.54 Å². The van der Waals surface area contributed by atoms with Gasteiger partial charge in [0.05, 0.1) is 6.54 Å². The van der Waals surface area contributed by atoms with Gasteiger partial charge in [-0.25, -0.2) is 9.18 Å². The maximum atomic E-state index is 13.0. The van der Waals surface area contributed by atoms with E-state index in [4.69, 9.17) is 9.47 Å². The molecule has 1 atom stereocenters. The van der Waals surface area contributed by atoms with Gasteiger partial charge in [-0.3, -0.25) is 0 Å². The minimum atomic E-state index is -0.565. The molecule has 4 nitrogen and oxygen atoms in total. The van der Waals surface area contributed by atoms with Gasteiger partial charge in [-0.1, -0.05) is 30.3 Å². The molecule has 1 unspecified atom stereocenters. The summed E-state index contributed by atoms with van der Waals surface area (Å²) in [6.07, 6.45) is -0.921. The molecule has 2 rings (SSSR count). The topological polar surface area (TPSA) is 47.6 Å². The first kappa shape index (κ1) is 17.8. The summed E-state index contributed by atoms with van der Waals surface area (Å²) in [6.45, 7) is 5.64. The molecule has 0 aliphatic carbocycles. The Kier molecular flexibility index (Phi) is 5.79. The molecule has 2 aromatic rings. The third-order valence-electron chi connectivity index (χ3n) is 3.09. The van der Waals surface area contributed by atoms with Crippen molar-refractivity contribution in [3.05, 3.63) is 66.0 Å². The highest BCUT2D eigenvalue weighted by Gasteiger charge is 2.19. The highest BCUT2D eigenvalue weighted by molar-refractivity contribution is 5.67. The number of alkyl carbamates (subject to hydrolysis) is 1. The lowest BCUT2D eigenvalue weighted by atomic mass is 10.1. The zero-order chi connectivity index (χ0) is 17.6. The van der Waals surface area contributed by atoms with Crippen molar-refractivity contribution in [1.29, 1.82) is 0 Å².